The van der Waals surface area contributed by atoms with Crippen LogP contribution in [0.15, 0.2) is 84.1 Å². The van der Waals surface area contributed by atoms with Crippen LogP contribution in [-0.2, 0) is 9.47 Å². The number of phenols is 1. The Morgan fingerprint density at radius 1 is 1.02 bits per heavy atom. The van der Waals surface area contributed by atoms with E-state index in [0.717, 1.165) is 44.3 Å². The van der Waals surface area contributed by atoms with Gasteiger partial charge in [0.25, 0.3) is 0 Å². The van der Waals surface area contributed by atoms with Crippen molar-refractivity contribution in [3.05, 3.63) is 90.5 Å². The lowest BCUT2D eigenvalue weighted by molar-refractivity contribution is 0.0170. The number of rotatable bonds is 13. The molecule has 42 heavy (non-hydrogen) atoms. The minimum atomic E-state index is -0.754. The van der Waals surface area contributed by atoms with Crippen LogP contribution in [0.4, 0.5) is 10.1 Å². The van der Waals surface area contributed by atoms with Crippen molar-refractivity contribution < 1.29 is 28.4 Å². The number of anilines is 1. The summed E-state index contributed by atoms with van der Waals surface area (Å²) in [5, 5.41) is 16.6. The fourth-order valence-corrected chi connectivity index (χ4v) is 4.36. The molecule has 218 valence electrons. The number of hydrogen-bond acceptors (Lipinski definition) is 10. The fourth-order valence-electron chi connectivity index (χ4n) is 4.36. The molecule has 1 aliphatic heterocycles. The first-order chi connectivity index (χ1) is 20.6. The molecular weight excluding hydrogens is 541 g/mol. The highest BCUT2D eigenvalue weighted by Gasteiger charge is 2.11. The molecule has 11 heteroatoms. The molecule has 4 aromatic rings. The zero-order valence-electron chi connectivity index (χ0n) is 23.0. The quantitative estimate of drug-likeness (QED) is 0.101. The smallest absolute Gasteiger partial charge is 0.166 e. The molecule has 0 atom stereocenters. The highest BCUT2D eigenvalue weighted by atomic mass is 19.1. The second kappa shape index (κ2) is 14.4. The lowest BCUT2D eigenvalue weighted by atomic mass is 10.1. The highest BCUT2D eigenvalue weighted by Crippen LogP contribution is 2.32. The van der Waals surface area contributed by atoms with Gasteiger partial charge in [-0.2, -0.15) is 5.11 Å². The van der Waals surface area contributed by atoms with E-state index in [9.17, 15) is 9.50 Å². The molecule has 0 aliphatic carbocycles. The van der Waals surface area contributed by atoms with Gasteiger partial charge < -0.3 is 29.4 Å². The lowest BCUT2D eigenvalue weighted by Gasteiger charge is -2.26. The molecule has 0 bridgehead atoms. The standard InChI is InChI=1S/C31H32FN5O5/c32-26-19-22(7-10-30(26)38)34-21-29(36-33)28-9-8-25-27(35-28)5-2-6-31(25)42-24-4-1-3-23(20-24)41-18-17-40-16-13-37-11-14-39-15-12-37/h1-10,19-21,33-34,38H,11-18H2/b29-21-,36-33?. The molecule has 1 fully saturated rings. The number of nitrogens with one attached hydrogen (secondary N) is 2. The number of pyridine rings is 1. The second-order valence-corrected chi connectivity index (χ2v) is 9.46. The van der Waals surface area contributed by atoms with E-state index in [1.165, 1.54) is 18.3 Å². The first-order valence-corrected chi connectivity index (χ1v) is 13.6. The number of benzene rings is 3. The molecule has 0 unspecified atom stereocenters. The van der Waals surface area contributed by atoms with E-state index >= 15 is 0 Å². The molecule has 5 rings (SSSR count). The summed E-state index contributed by atoms with van der Waals surface area (Å²) in [6, 6.07) is 20.4. The number of aromatic nitrogens is 1. The maximum absolute atomic E-state index is 13.6. The second-order valence-electron chi connectivity index (χ2n) is 9.46. The molecule has 10 nitrogen and oxygen atoms in total. The summed E-state index contributed by atoms with van der Waals surface area (Å²) in [7, 11) is 0. The zero-order chi connectivity index (χ0) is 29.1. The first kappa shape index (κ1) is 28.9. The van der Waals surface area contributed by atoms with Crippen LogP contribution in [0.2, 0.25) is 0 Å². The summed E-state index contributed by atoms with van der Waals surface area (Å²) in [6.07, 6.45) is 1.45. The van der Waals surface area contributed by atoms with Gasteiger partial charge >= 0.3 is 0 Å². The van der Waals surface area contributed by atoms with Crippen molar-refractivity contribution in [2.24, 2.45) is 5.11 Å². The number of fused-ring (bicyclic) bond motifs is 1. The molecule has 0 amide bonds. The Hall–Kier alpha value is -4.58. The predicted octanol–water partition coefficient (Wildman–Crippen LogP) is 6.04. The van der Waals surface area contributed by atoms with E-state index in [4.69, 9.17) is 24.5 Å². The van der Waals surface area contributed by atoms with Gasteiger partial charge in [0.15, 0.2) is 11.6 Å². The molecular formula is C31H32FN5O5. The summed E-state index contributed by atoms with van der Waals surface area (Å²) >= 11 is 0. The van der Waals surface area contributed by atoms with Gasteiger partial charge in [0.05, 0.1) is 37.6 Å². The molecule has 2 heterocycles. The van der Waals surface area contributed by atoms with Gasteiger partial charge in [0.1, 0.15) is 29.6 Å². The zero-order valence-corrected chi connectivity index (χ0v) is 23.0. The SMILES string of the molecule is N=N/C(=C\Nc1ccc(O)c(F)c1)c1ccc2c(Oc3cccc(OCCOCCN4CCOCC4)c3)cccc2n1. The monoisotopic (exact) mass is 573 g/mol. The van der Waals surface area contributed by atoms with Crippen LogP contribution in [0.25, 0.3) is 16.6 Å². The van der Waals surface area contributed by atoms with Crippen LogP contribution in [0, 0.1) is 11.3 Å². The summed E-state index contributed by atoms with van der Waals surface area (Å²) in [6.45, 7) is 5.93. The van der Waals surface area contributed by atoms with Crippen LogP contribution < -0.4 is 14.8 Å². The summed E-state index contributed by atoms with van der Waals surface area (Å²) in [5.41, 5.74) is 9.33. The number of ether oxygens (including phenoxy) is 4. The van der Waals surface area contributed by atoms with Gasteiger partial charge in [-0.25, -0.2) is 14.9 Å². The van der Waals surface area contributed by atoms with Gasteiger partial charge in [-0.05, 0) is 48.5 Å². The minimum Gasteiger partial charge on any atom is -0.505 e. The van der Waals surface area contributed by atoms with Crippen molar-refractivity contribution in [1.82, 2.24) is 9.88 Å². The van der Waals surface area contributed by atoms with E-state index < -0.39 is 11.6 Å². The van der Waals surface area contributed by atoms with Gasteiger partial charge in [-0.15, -0.1) is 0 Å². The number of halogens is 1. The van der Waals surface area contributed by atoms with E-state index in [-0.39, 0.29) is 5.70 Å². The maximum atomic E-state index is 13.6. The highest BCUT2D eigenvalue weighted by molar-refractivity contribution is 5.87. The van der Waals surface area contributed by atoms with Crippen LogP contribution >= 0.6 is 0 Å². The first-order valence-electron chi connectivity index (χ1n) is 13.6. The number of phenolic OH excluding ortho intramolecular Hbond substituents is 1. The number of aromatic hydroxyl groups is 1. The fraction of sp³-hybridized carbons (Fsp3) is 0.258. The Kier molecular flexibility index (Phi) is 9.89. The molecule has 0 saturated carbocycles. The van der Waals surface area contributed by atoms with Crippen LogP contribution in [0.5, 0.6) is 23.0 Å². The number of nitrogens with zero attached hydrogens (tertiary/aromatic N) is 3. The average Bonchev–Trinajstić information content (AvgIpc) is 3.01. The van der Waals surface area contributed by atoms with Crippen molar-refractivity contribution in [2.45, 2.75) is 0 Å². The lowest BCUT2D eigenvalue weighted by Crippen LogP contribution is -2.38. The summed E-state index contributed by atoms with van der Waals surface area (Å²) in [4.78, 5) is 6.97. The Morgan fingerprint density at radius 2 is 1.86 bits per heavy atom. The van der Waals surface area contributed by atoms with Gasteiger partial charge in [0.2, 0.25) is 0 Å². The Labute approximate surface area is 242 Å². The Bertz CT molecular complexity index is 1540. The molecule has 1 aromatic heterocycles. The van der Waals surface area contributed by atoms with Gasteiger partial charge in [-0.3, -0.25) is 4.90 Å². The normalized spacial score (nSPS) is 14.1. The van der Waals surface area contributed by atoms with E-state index in [2.05, 4.69) is 20.3 Å². The summed E-state index contributed by atoms with van der Waals surface area (Å²) < 4.78 is 36.8. The predicted molar refractivity (Wildman–Crippen MR) is 157 cm³/mol. The van der Waals surface area contributed by atoms with Crippen LogP contribution in [0.1, 0.15) is 5.69 Å². The number of morpholine rings is 1. The molecule has 0 radical (unpaired) electrons. The molecule has 1 saturated heterocycles. The Morgan fingerprint density at radius 3 is 2.69 bits per heavy atom. The van der Waals surface area contributed by atoms with E-state index in [1.807, 2.05) is 48.5 Å². The maximum Gasteiger partial charge on any atom is 0.166 e. The van der Waals surface area contributed by atoms with Gasteiger partial charge in [-0.1, -0.05) is 12.1 Å². The third-order valence-corrected chi connectivity index (χ3v) is 6.58. The van der Waals surface area contributed by atoms with Crippen molar-refractivity contribution in [1.29, 1.82) is 5.53 Å². The van der Waals surface area contributed by atoms with Crippen LogP contribution in [0.3, 0.4) is 0 Å². The summed E-state index contributed by atoms with van der Waals surface area (Å²) in [5.74, 6) is 0.711. The van der Waals surface area contributed by atoms with Crippen molar-refractivity contribution in [2.75, 3.05) is 58.0 Å². The van der Waals surface area contributed by atoms with Crippen molar-refractivity contribution in [3.8, 4) is 23.0 Å². The minimum absolute atomic E-state index is 0.242. The Balaban J connectivity index is 1.19. The van der Waals surface area contributed by atoms with Gasteiger partial charge in [0, 0.05) is 49.0 Å². The average molecular weight is 574 g/mol. The molecule has 3 N–H and O–H groups in total. The largest absolute Gasteiger partial charge is 0.505 e. The van der Waals surface area contributed by atoms with E-state index in [0.29, 0.717) is 54.0 Å². The van der Waals surface area contributed by atoms with Crippen molar-refractivity contribution in [3.63, 3.8) is 0 Å². The molecule has 1 aliphatic rings. The number of hydrogen-bond donors (Lipinski definition) is 3. The molecule has 3 aromatic carbocycles. The molecule has 0 spiro atoms. The topological polar surface area (TPSA) is 122 Å². The third-order valence-electron chi connectivity index (χ3n) is 6.58. The van der Waals surface area contributed by atoms with Crippen LogP contribution in [-0.4, -0.2) is 67.7 Å². The third kappa shape index (κ3) is 7.78. The van der Waals surface area contributed by atoms with E-state index in [1.54, 1.807) is 6.07 Å². The van der Waals surface area contributed by atoms with Crippen molar-refractivity contribution >= 4 is 22.3 Å².